The van der Waals surface area contributed by atoms with Crippen LogP contribution in [0.1, 0.15) is 22.3 Å². The fourth-order valence-corrected chi connectivity index (χ4v) is 12.4. The maximum atomic E-state index is 5.22. The molecule has 0 spiro atoms. The van der Waals surface area contributed by atoms with Crippen LogP contribution in [0.15, 0.2) is 249 Å². The highest BCUT2D eigenvalue weighted by molar-refractivity contribution is 6.14. The van der Waals surface area contributed by atoms with Crippen molar-refractivity contribution in [3.63, 3.8) is 0 Å². The molecule has 5 nitrogen and oxygen atoms in total. The molecule has 5 heteroatoms. The van der Waals surface area contributed by atoms with Crippen molar-refractivity contribution < 1.29 is 0 Å². The Hall–Kier alpha value is -10.1. The van der Waals surface area contributed by atoms with Gasteiger partial charge in [0, 0.05) is 66.1 Å². The molecule has 4 aromatic heterocycles. The molecule has 0 amide bonds. The summed E-state index contributed by atoms with van der Waals surface area (Å²) in [6.07, 6.45) is 0. The molecule has 0 fully saturated rings. The number of hydrogen-bond acceptors (Lipinski definition) is 2. The van der Waals surface area contributed by atoms with Crippen molar-refractivity contribution in [2.45, 2.75) is 27.7 Å². The Morgan fingerprint density at radius 1 is 0.253 bits per heavy atom. The molecular formula is C74H53N5. The third-order valence-corrected chi connectivity index (χ3v) is 16.3. The minimum atomic E-state index is 0.727. The van der Waals surface area contributed by atoms with Crippen LogP contribution in [0.4, 0.5) is 0 Å². The van der Waals surface area contributed by atoms with Gasteiger partial charge in [-0.1, -0.05) is 181 Å². The Bertz CT molecular complexity index is 4530. The van der Waals surface area contributed by atoms with Gasteiger partial charge in [0.1, 0.15) is 0 Å². The Kier molecular flexibility index (Phi) is 10.7. The second-order valence-electron chi connectivity index (χ2n) is 21.3. The molecule has 374 valence electrons. The summed E-state index contributed by atoms with van der Waals surface area (Å²) >= 11 is 0. The van der Waals surface area contributed by atoms with E-state index in [0.717, 1.165) is 62.0 Å². The molecule has 79 heavy (non-hydrogen) atoms. The Morgan fingerprint density at radius 3 is 1.05 bits per heavy atom. The standard InChI is InChI=1S/C74H53N5/c1-46-21-25-53(26-22-46)65-45-66(76-74(75-65)54-27-23-47(2)24-28-54)73-48(3)41-55(42-49(73)4)52-31-29-50(30-32-52)51-33-35-56(36-34-51)77-71-39-37-57(78-67-17-9-5-13-59(67)60-14-6-10-18-68(60)78)43-63(71)64-44-58(38-40-72(64)77)79-69-19-11-7-15-61(69)62-16-8-12-20-70(62)79/h5-45H,1-4H3. The van der Waals surface area contributed by atoms with Gasteiger partial charge in [-0.15, -0.1) is 0 Å². The first-order valence-corrected chi connectivity index (χ1v) is 27.2. The van der Waals surface area contributed by atoms with Gasteiger partial charge >= 0.3 is 0 Å². The van der Waals surface area contributed by atoms with E-state index in [1.54, 1.807) is 0 Å². The van der Waals surface area contributed by atoms with Crippen LogP contribution in [0.25, 0.3) is 139 Å². The molecule has 0 aliphatic rings. The second-order valence-corrected chi connectivity index (χ2v) is 21.3. The number of aromatic nitrogens is 5. The molecule has 0 saturated heterocycles. The van der Waals surface area contributed by atoms with Crippen LogP contribution in [-0.2, 0) is 0 Å². The molecule has 0 aliphatic heterocycles. The first-order valence-electron chi connectivity index (χ1n) is 27.2. The minimum Gasteiger partial charge on any atom is -0.309 e. The van der Waals surface area contributed by atoms with Crippen molar-refractivity contribution in [2.24, 2.45) is 0 Å². The predicted octanol–water partition coefficient (Wildman–Crippen LogP) is 19.3. The number of fused-ring (bicyclic) bond motifs is 9. The van der Waals surface area contributed by atoms with E-state index in [-0.39, 0.29) is 0 Å². The van der Waals surface area contributed by atoms with Crippen LogP contribution in [0, 0.1) is 27.7 Å². The van der Waals surface area contributed by atoms with E-state index in [1.807, 2.05) is 0 Å². The minimum absolute atomic E-state index is 0.727. The summed E-state index contributed by atoms with van der Waals surface area (Å²) in [7, 11) is 0. The van der Waals surface area contributed by atoms with E-state index in [0.29, 0.717) is 0 Å². The zero-order valence-electron chi connectivity index (χ0n) is 44.4. The second kappa shape index (κ2) is 18.3. The van der Waals surface area contributed by atoms with Crippen molar-refractivity contribution in [1.82, 2.24) is 23.7 Å². The van der Waals surface area contributed by atoms with E-state index in [2.05, 4.69) is 290 Å². The van der Waals surface area contributed by atoms with Crippen LogP contribution in [0.5, 0.6) is 0 Å². The van der Waals surface area contributed by atoms with Crippen LogP contribution in [0.2, 0.25) is 0 Å². The van der Waals surface area contributed by atoms with Gasteiger partial charge in [-0.3, -0.25) is 0 Å². The Balaban J connectivity index is 0.796. The van der Waals surface area contributed by atoms with Gasteiger partial charge in [-0.25, -0.2) is 9.97 Å². The Morgan fingerprint density at radius 2 is 0.595 bits per heavy atom. The van der Waals surface area contributed by atoms with Crippen LogP contribution in [0.3, 0.4) is 0 Å². The lowest BCUT2D eigenvalue weighted by atomic mass is 9.92. The van der Waals surface area contributed by atoms with Crippen molar-refractivity contribution in [3.8, 4) is 73.2 Å². The lowest BCUT2D eigenvalue weighted by Crippen LogP contribution is -1.99. The fraction of sp³-hybridized carbons (Fsp3) is 0.0541. The summed E-state index contributed by atoms with van der Waals surface area (Å²) in [4.78, 5) is 10.3. The molecule has 15 aromatic rings. The molecule has 15 rings (SSSR count). The third kappa shape index (κ3) is 7.68. The van der Waals surface area contributed by atoms with Crippen LogP contribution < -0.4 is 0 Å². The summed E-state index contributed by atoms with van der Waals surface area (Å²) in [5, 5.41) is 7.41. The summed E-state index contributed by atoms with van der Waals surface area (Å²) < 4.78 is 7.28. The number of rotatable bonds is 8. The summed E-state index contributed by atoms with van der Waals surface area (Å²) in [5.74, 6) is 0.727. The maximum absolute atomic E-state index is 5.22. The average molecular weight is 1010 g/mol. The molecule has 0 aliphatic carbocycles. The van der Waals surface area contributed by atoms with Crippen LogP contribution >= 0.6 is 0 Å². The Labute approximate surface area is 458 Å². The normalized spacial score (nSPS) is 11.8. The van der Waals surface area contributed by atoms with E-state index in [4.69, 9.17) is 9.97 Å². The van der Waals surface area contributed by atoms with Gasteiger partial charge in [-0.2, -0.15) is 0 Å². The lowest BCUT2D eigenvalue weighted by Gasteiger charge is -2.15. The number of para-hydroxylation sites is 4. The maximum Gasteiger partial charge on any atom is 0.160 e. The first kappa shape index (κ1) is 46.2. The van der Waals surface area contributed by atoms with Gasteiger partial charge in [-0.05, 0) is 140 Å². The first-order chi connectivity index (χ1) is 38.8. The van der Waals surface area contributed by atoms with E-state index in [9.17, 15) is 0 Å². The van der Waals surface area contributed by atoms with Crippen LogP contribution in [-0.4, -0.2) is 23.7 Å². The quantitative estimate of drug-likeness (QED) is 0.152. The molecule has 4 heterocycles. The summed E-state index contributed by atoms with van der Waals surface area (Å²) in [5.41, 5.74) is 25.0. The summed E-state index contributed by atoms with van der Waals surface area (Å²) in [6, 6.07) is 91.0. The van der Waals surface area contributed by atoms with Gasteiger partial charge in [0.05, 0.1) is 44.5 Å². The van der Waals surface area contributed by atoms with Gasteiger partial charge < -0.3 is 13.7 Å². The van der Waals surface area contributed by atoms with E-state index in [1.165, 1.54) is 98.9 Å². The van der Waals surface area contributed by atoms with E-state index >= 15 is 0 Å². The van der Waals surface area contributed by atoms with Gasteiger partial charge in [0.2, 0.25) is 0 Å². The smallest absolute Gasteiger partial charge is 0.160 e. The third-order valence-electron chi connectivity index (χ3n) is 16.3. The topological polar surface area (TPSA) is 40.6 Å². The monoisotopic (exact) mass is 1010 g/mol. The highest BCUT2D eigenvalue weighted by Gasteiger charge is 2.20. The zero-order valence-corrected chi connectivity index (χ0v) is 44.4. The predicted molar refractivity (Wildman–Crippen MR) is 331 cm³/mol. The molecule has 0 N–H and O–H groups in total. The van der Waals surface area contributed by atoms with Gasteiger partial charge in [0.15, 0.2) is 5.82 Å². The number of aryl methyl sites for hydroxylation is 4. The summed E-state index contributed by atoms with van der Waals surface area (Å²) in [6.45, 7) is 8.63. The van der Waals surface area contributed by atoms with Crippen molar-refractivity contribution in [1.29, 1.82) is 0 Å². The molecule has 11 aromatic carbocycles. The lowest BCUT2D eigenvalue weighted by molar-refractivity contribution is 1.16. The average Bonchev–Trinajstić information content (AvgIpc) is 4.34. The molecule has 0 atom stereocenters. The number of benzene rings is 11. The van der Waals surface area contributed by atoms with E-state index < -0.39 is 0 Å². The molecular weight excluding hydrogens is 959 g/mol. The van der Waals surface area contributed by atoms with Crippen molar-refractivity contribution in [3.05, 3.63) is 271 Å². The van der Waals surface area contributed by atoms with Crippen molar-refractivity contribution >= 4 is 65.4 Å². The molecule has 0 radical (unpaired) electrons. The zero-order chi connectivity index (χ0) is 52.9. The fourth-order valence-electron chi connectivity index (χ4n) is 12.4. The highest BCUT2D eigenvalue weighted by atomic mass is 15.0. The SMILES string of the molecule is Cc1ccc(-c2cc(-c3c(C)cc(-c4ccc(-c5ccc(-n6c7ccc(-n8c9ccccc9c9ccccc98)cc7c7cc(-n8c9ccccc9c9ccccc98)ccc76)cc5)cc4)cc3C)nc(-c3ccc(C)cc3)n2)cc1. The largest absolute Gasteiger partial charge is 0.309 e. The molecule has 0 saturated carbocycles. The molecule has 0 bridgehead atoms. The van der Waals surface area contributed by atoms with Gasteiger partial charge in [0.25, 0.3) is 0 Å². The number of hydrogen-bond donors (Lipinski definition) is 0. The molecule has 0 unspecified atom stereocenters. The highest BCUT2D eigenvalue weighted by Crippen LogP contribution is 2.41. The number of nitrogens with zero attached hydrogens (tertiary/aromatic N) is 5. The van der Waals surface area contributed by atoms with Crippen molar-refractivity contribution in [2.75, 3.05) is 0 Å².